The second-order valence-corrected chi connectivity index (χ2v) is 3.16. The number of halogens is 4. The van der Waals surface area contributed by atoms with Gasteiger partial charge in [-0.3, -0.25) is 0 Å². The van der Waals surface area contributed by atoms with E-state index in [0.717, 1.165) is 0 Å². The van der Waals surface area contributed by atoms with Crippen molar-refractivity contribution in [2.24, 2.45) is 5.73 Å². The maximum absolute atomic E-state index is 11.9. The number of alkyl halides is 3. The maximum Gasteiger partial charge on any atom is 0.573 e. The first-order valence-electron chi connectivity index (χ1n) is 4.24. The number of benzene rings is 1. The number of fused-ring (bicyclic) bond motifs is 1. The lowest BCUT2D eigenvalue weighted by atomic mass is 10.1. The zero-order chi connectivity index (χ0) is 11.1. The third-order valence-corrected chi connectivity index (χ3v) is 2.04. The Bertz CT molecular complexity index is 384. The van der Waals surface area contributed by atoms with E-state index in [4.69, 9.17) is 10.5 Å². The molecule has 0 spiro atoms. The molecule has 1 heterocycles. The minimum Gasteiger partial charge on any atom is -0.491 e. The van der Waals surface area contributed by atoms with Crippen LogP contribution in [-0.4, -0.2) is 13.0 Å². The fraction of sp³-hybridized carbons (Fsp3) is 0.333. The van der Waals surface area contributed by atoms with Gasteiger partial charge in [0.1, 0.15) is 18.1 Å². The maximum atomic E-state index is 11.9. The first kappa shape index (κ1) is 12.9. The van der Waals surface area contributed by atoms with Crippen molar-refractivity contribution in [2.45, 2.75) is 12.4 Å². The largest absolute Gasteiger partial charge is 0.573 e. The van der Waals surface area contributed by atoms with Crippen molar-refractivity contribution < 1.29 is 22.6 Å². The van der Waals surface area contributed by atoms with Crippen LogP contribution in [0.15, 0.2) is 18.2 Å². The van der Waals surface area contributed by atoms with Crippen molar-refractivity contribution in [3.8, 4) is 11.5 Å². The summed E-state index contributed by atoms with van der Waals surface area (Å²) < 4.78 is 44.5. The van der Waals surface area contributed by atoms with Crippen molar-refractivity contribution in [1.29, 1.82) is 0 Å². The van der Waals surface area contributed by atoms with Crippen LogP contribution in [0.2, 0.25) is 0 Å². The van der Waals surface area contributed by atoms with E-state index < -0.39 is 6.36 Å². The second-order valence-electron chi connectivity index (χ2n) is 3.16. The second kappa shape index (κ2) is 4.39. The summed E-state index contributed by atoms with van der Waals surface area (Å²) in [5.41, 5.74) is 6.33. The predicted octanol–water partition coefficient (Wildman–Crippen LogP) is 2.40. The standard InChI is InChI=1S/C9H8F3NO2.ClH/c10-9(11,12)15-5-1-2-6-7(13)4-14-8(6)3-5;/h1-3,7H,4,13H2;1H/t7-;/m1./s1. The molecule has 0 unspecified atom stereocenters. The molecule has 2 N–H and O–H groups in total. The highest BCUT2D eigenvalue weighted by molar-refractivity contribution is 5.85. The summed E-state index contributed by atoms with van der Waals surface area (Å²) in [7, 11) is 0. The summed E-state index contributed by atoms with van der Waals surface area (Å²) in [5.74, 6) is 0.0552. The van der Waals surface area contributed by atoms with Gasteiger partial charge >= 0.3 is 6.36 Å². The monoisotopic (exact) mass is 255 g/mol. The minimum absolute atomic E-state index is 0. The van der Waals surface area contributed by atoms with E-state index in [1.54, 1.807) is 0 Å². The van der Waals surface area contributed by atoms with Gasteiger partial charge in [-0.25, -0.2) is 0 Å². The molecule has 1 aliphatic heterocycles. The lowest BCUT2D eigenvalue weighted by Gasteiger charge is -2.09. The van der Waals surface area contributed by atoms with E-state index in [1.165, 1.54) is 18.2 Å². The summed E-state index contributed by atoms with van der Waals surface area (Å²) in [6.07, 6.45) is -4.69. The first-order valence-corrected chi connectivity index (χ1v) is 4.24. The molecular weight excluding hydrogens is 247 g/mol. The Morgan fingerprint density at radius 2 is 2.06 bits per heavy atom. The molecule has 3 nitrogen and oxygen atoms in total. The quantitative estimate of drug-likeness (QED) is 0.838. The van der Waals surface area contributed by atoms with E-state index in [0.29, 0.717) is 11.3 Å². The van der Waals surface area contributed by atoms with E-state index >= 15 is 0 Å². The molecule has 2 rings (SSSR count). The molecule has 0 aliphatic carbocycles. The van der Waals surface area contributed by atoms with Crippen molar-refractivity contribution in [3.63, 3.8) is 0 Å². The molecule has 0 amide bonds. The van der Waals surface area contributed by atoms with Crippen LogP contribution in [0.25, 0.3) is 0 Å². The molecule has 0 bridgehead atoms. The number of ether oxygens (including phenoxy) is 2. The summed E-state index contributed by atoms with van der Waals surface area (Å²) in [5, 5.41) is 0. The van der Waals surface area contributed by atoms with Gasteiger partial charge in [-0.1, -0.05) is 0 Å². The van der Waals surface area contributed by atoms with Gasteiger partial charge in [0, 0.05) is 11.6 Å². The molecule has 16 heavy (non-hydrogen) atoms. The van der Waals surface area contributed by atoms with Crippen molar-refractivity contribution in [2.75, 3.05) is 6.61 Å². The zero-order valence-corrected chi connectivity index (χ0v) is 8.77. The highest BCUT2D eigenvalue weighted by Gasteiger charge is 2.32. The SMILES string of the molecule is Cl.N[C@@H]1COc2cc(OC(F)(F)F)ccc21. The molecule has 1 aliphatic rings. The van der Waals surface area contributed by atoms with E-state index in [9.17, 15) is 13.2 Å². The minimum atomic E-state index is -4.69. The van der Waals surface area contributed by atoms with Gasteiger partial charge in [-0.2, -0.15) is 0 Å². The Labute approximate surface area is 95.7 Å². The van der Waals surface area contributed by atoms with Crippen LogP contribution in [-0.2, 0) is 0 Å². The Hall–Kier alpha value is -1.14. The van der Waals surface area contributed by atoms with Crippen LogP contribution in [0.3, 0.4) is 0 Å². The third-order valence-electron chi connectivity index (χ3n) is 2.04. The van der Waals surface area contributed by atoms with Gasteiger partial charge in [0.2, 0.25) is 0 Å². The van der Waals surface area contributed by atoms with Gasteiger partial charge in [0.15, 0.2) is 0 Å². The smallest absolute Gasteiger partial charge is 0.491 e. The average molecular weight is 256 g/mol. The fourth-order valence-corrected chi connectivity index (χ4v) is 1.41. The summed E-state index contributed by atoms with van der Waals surface area (Å²) >= 11 is 0. The Kier molecular flexibility index (Phi) is 3.54. The van der Waals surface area contributed by atoms with Crippen molar-refractivity contribution in [3.05, 3.63) is 23.8 Å². The molecular formula is C9H9ClF3NO2. The molecule has 1 aromatic carbocycles. The fourth-order valence-electron chi connectivity index (χ4n) is 1.41. The number of hydrogen-bond acceptors (Lipinski definition) is 3. The van der Waals surface area contributed by atoms with Crippen LogP contribution in [0.1, 0.15) is 11.6 Å². The number of hydrogen-bond donors (Lipinski definition) is 1. The van der Waals surface area contributed by atoms with Gasteiger partial charge in [0.05, 0.1) is 6.04 Å². The van der Waals surface area contributed by atoms with E-state index in [2.05, 4.69) is 4.74 Å². The predicted molar refractivity (Wildman–Crippen MR) is 52.8 cm³/mol. The summed E-state index contributed by atoms with van der Waals surface area (Å²) in [4.78, 5) is 0. The Morgan fingerprint density at radius 1 is 1.38 bits per heavy atom. The normalized spacial score (nSPS) is 18.4. The van der Waals surface area contributed by atoms with Gasteiger partial charge < -0.3 is 15.2 Å². The van der Waals surface area contributed by atoms with Gasteiger partial charge in [0.25, 0.3) is 0 Å². The number of nitrogens with two attached hydrogens (primary N) is 1. The van der Waals surface area contributed by atoms with E-state index in [1.807, 2.05) is 0 Å². The highest BCUT2D eigenvalue weighted by Crippen LogP contribution is 2.35. The molecule has 1 aromatic rings. The van der Waals surface area contributed by atoms with Crippen LogP contribution >= 0.6 is 12.4 Å². The van der Waals surface area contributed by atoms with Gasteiger partial charge in [-0.05, 0) is 12.1 Å². The molecule has 0 aromatic heterocycles. The van der Waals surface area contributed by atoms with E-state index in [-0.39, 0.29) is 30.8 Å². The molecule has 1 atom stereocenters. The molecule has 0 saturated heterocycles. The molecule has 0 saturated carbocycles. The van der Waals surface area contributed by atoms with Crippen molar-refractivity contribution >= 4 is 12.4 Å². The zero-order valence-electron chi connectivity index (χ0n) is 7.95. The van der Waals surface area contributed by atoms with Gasteiger partial charge in [-0.15, -0.1) is 25.6 Å². The van der Waals surface area contributed by atoms with Crippen molar-refractivity contribution in [1.82, 2.24) is 0 Å². The highest BCUT2D eigenvalue weighted by atomic mass is 35.5. The first-order chi connectivity index (χ1) is 6.96. The number of rotatable bonds is 1. The Balaban J connectivity index is 0.00000128. The summed E-state index contributed by atoms with van der Waals surface area (Å²) in [6.45, 7) is 0.283. The van der Waals surface area contributed by atoms with Crippen LogP contribution in [0.4, 0.5) is 13.2 Å². The third kappa shape index (κ3) is 2.70. The van der Waals surface area contributed by atoms with Crippen LogP contribution < -0.4 is 15.2 Å². The van der Waals surface area contributed by atoms with Crippen LogP contribution in [0, 0.1) is 0 Å². The van der Waals surface area contributed by atoms with Crippen LogP contribution in [0.5, 0.6) is 11.5 Å². The summed E-state index contributed by atoms with van der Waals surface area (Å²) in [6, 6.07) is 3.62. The Morgan fingerprint density at radius 3 is 2.69 bits per heavy atom. The molecule has 90 valence electrons. The molecule has 0 radical (unpaired) electrons. The molecule has 7 heteroatoms. The average Bonchev–Trinajstić information content (AvgIpc) is 2.45. The lowest BCUT2D eigenvalue weighted by Crippen LogP contribution is -2.17. The lowest BCUT2D eigenvalue weighted by molar-refractivity contribution is -0.274. The topological polar surface area (TPSA) is 44.5 Å². The molecule has 0 fully saturated rings.